The van der Waals surface area contributed by atoms with E-state index < -0.39 is 0 Å². The molecule has 4 rings (SSSR count). The first-order valence-corrected chi connectivity index (χ1v) is 10.2. The normalized spacial score (nSPS) is 16.1. The van der Waals surface area contributed by atoms with Crippen LogP contribution in [-0.4, -0.2) is 24.1 Å². The van der Waals surface area contributed by atoms with Gasteiger partial charge >= 0.3 is 0 Å². The minimum Gasteiger partial charge on any atom is -0.351 e. The van der Waals surface area contributed by atoms with Crippen LogP contribution in [0.5, 0.6) is 0 Å². The summed E-state index contributed by atoms with van der Waals surface area (Å²) in [7, 11) is 0. The van der Waals surface area contributed by atoms with Crippen LogP contribution in [0.4, 0.5) is 5.69 Å². The molecule has 2 heterocycles. The van der Waals surface area contributed by atoms with Crippen molar-refractivity contribution in [2.75, 3.05) is 11.4 Å². The summed E-state index contributed by atoms with van der Waals surface area (Å²) in [6, 6.07) is 22.2. The molecule has 0 bridgehead atoms. The van der Waals surface area contributed by atoms with E-state index in [1.165, 1.54) is 11.3 Å². The fourth-order valence-electron chi connectivity index (χ4n) is 3.39. The van der Waals surface area contributed by atoms with E-state index in [0.717, 1.165) is 10.6 Å². The van der Waals surface area contributed by atoms with E-state index in [1.807, 2.05) is 54.6 Å². The van der Waals surface area contributed by atoms with Gasteiger partial charge in [-0.2, -0.15) is 0 Å². The van der Waals surface area contributed by atoms with Crippen molar-refractivity contribution in [3.63, 3.8) is 0 Å². The molecule has 0 aliphatic carbocycles. The molecule has 146 valence electrons. The van der Waals surface area contributed by atoms with Crippen LogP contribution in [0.1, 0.15) is 26.5 Å². The Labute approximate surface area is 173 Å². The number of thiophene rings is 1. The number of benzene rings is 2. The van der Waals surface area contributed by atoms with Crippen LogP contribution in [0.2, 0.25) is 0 Å². The molecule has 0 radical (unpaired) electrons. The SMILES string of the molecule is O=C(c1ccccc1)c1ccc(CNC(=O)C2CC(=O)N(c3ccccc3)C2)s1. The first-order chi connectivity index (χ1) is 14.1. The molecule has 2 amide bonds. The Morgan fingerprint density at radius 1 is 0.966 bits per heavy atom. The molecule has 0 saturated carbocycles. The van der Waals surface area contributed by atoms with E-state index in [-0.39, 0.29) is 29.9 Å². The van der Waals surface area contributed by atoms with Crippen LogP contribution >= 0.6 is 11.3 Å². The minimum absolute atomic E-state index is 0.0203. The second kappa shape index (κ2) is 8.41. The molecule has 1 N–H and O–H groups in total. The van der Waals surface area contributed by atoms with E-state index in [9.17, 15) is 14.4 Å². The molecule has 6 heteroatoms. The predicted molar refractivity (Wildman–Crippen MR) is 113 cm³/mol. The van der Waals surface area contributed by atoms with Gasteiger partial charge in [-0.3, -0.25) is 14.4 Å². The highest BCUT2D eigenvalue weighted by atomic mass is 32.1. The first-order valence-electron chi connectivity index (χ1n) is 9.43. The maximum Gasteiger partial charge on any atom is 0.227 e. The third-order valence-corrected chi connectivity index (χ3v) is 6.01. The van der Waals surface area contributed by atoms with Crippen molar-refractivity contribution >= 4 is 34.6 Å². The van der Waals surface area contributed by atoms with Crippen molar-refractivity contribution in [3.05, 3.63) is 88.1 Å². The second-order valence-electron chi connectivity index (χ2n) is 6.92. The molecule has 29 heavy (non-hydrogen) atoms. The van der Waals surface area contributed by atoms with Crippen LogP contribution in [-0.2, 0) is 16.1 Å². The number of hydrogen-bond acceptors (Lipinski definition) is 4. The average molecular weight is 404 g/mol. The fraction of sp³-hybridized carbons (Fsp3) is 0.174. The monoisotopic (exact) mass is 404 g/mol. The molecular weight excluding hydrogens is 384 g/mol. The zero-order valence-electron chi connectivity index (χ0n) is 15.7. The molecule has 1 aliphatic heterocycles. The highest BCUT2D eigenvalue weighted by molar-refractivity contribution is 7.14. The summed E-state index contributed by atoms with van der Waals surface area (Å²) in [6.07, 6.45) is 0.211. The lowest BCUT2D eigenvalue weighted by Crippen LogP contribution is -2.32. The Balaban J connectivity index is 1.34. The Morgan fingerprint density at radius 2 is 1.66 bits per heavy atom. The van der Waals surface area contributed by atoms with Gasteiger partial charge in [-0.25, -0.2) is 0 Å². The highest BCUT2D eigenvalue weighted by Crippen LogP contribution is 2.25. The summed E-state index contributed by atoms with van der Waals surface area (Å²) in [5.41, 5.74) is 1.46. The van der Waals surface area contributed by atoms with Gasteiger partial charge in [-0.05, 0) is 24.3 Å². The van der Waals surface area contributed by atoms with E-state index in [2.05, 4.69) is 5.32 Å². The molecule has 2 aromatic carbocycles. The van der Waals surface area contributed by atoms with Gasteiger partial charge in [0, 0.05) is 29.1 Å². The Morgan fingerprint density at radius 3 is 2.38 bits per heavy atom. The molecule has 1 aromatic heterocycles. The quantitative estimate of drug-likeness (QED) is 0.638. The molecule has 1 aliphatic rings. The number of amides is 2. The van der Waals surface area contributed by atoms with Crippen LogP contribution in [0, 0.1) is 5.92 Å². The number of carbonyl (C=O) groups is 3. The lowest BCUT2D eigenvalue weighted by atomic mass is 10.1. The first kappa shape index (κ1) is 19.1. The van der Waals surface area contributed by atoms with E-state index in [1.54, 1.807) is 23.1 Å². The zero-order valence-corrected chi connectivity index (χ0v) is 16.5. The summed E-state index contributed by atoms with van der Waals surface area (Å²) in [5, 5.41) is 2.91. The number of hydrogen-bond donors (Lipinski definition) is 1. The second-order valence-corrected chi connectivity index (χ2v) is 8.09. The van der Waals surface area contributed by atoms with Gasteiger partial charge in [0.1, 0.15) is 0 Å². The molecule has 5 nitrogen and oxygen atoms in total. The van der Waals surface area contributed by atoms with Crippen LogP contribution < -0.4 is 10.2 Å². The third-order valence-electron chi connectivity index (χ3n) is 4.92. The van der Waals surface area contributed by atoms with Crippen molar-refractivity contribution < 1.29 is 14.4 Å². The van der Waals surface area contributed by atoms with E-state index >= 15 is 0 Å². The smallest absolute Gasteiger partial charge is 0.227 e. The number of carbonyl (C=O) groups excluding carboxylic acids is 3. The Bertz CT molecular complexity index is 1030. The van der Waals surface area contributed by atoms with Crippen molar-refractivity contribution in [1.29, 1.82) is 0 Å². The summed E-state index contributed by atoms with van der Waals surface area (Å²) in [6.45, 7) is 0.735. The van der Waals surface area contributed by atoms with Crippen LogP contribution in [0.25, 0.3) is 0 Å². The van der Waals surface area contributed by atoms with Crippen LogP contribution in [0.3, 0.4) is 0 Å². The molecule has 1 fully saturated rings. The maximum atomic E-state index is 12.6. The van der Waals surface area contributed by atoms with E-state index in [4.69, 9.17) is 0 Å². The maximum absolute atomic E-state index is 12.6. The van der Waals surface area contributed by atoms with Crippen LogP contribution in [0.15, 0.2) is 72.8 Å². The standard InChI is InChI=1S/C23H20N2O3S/c26-21-13-17(15-25(21)18-9-5-2-6-10-18)23(28)24-14-19-11-12-20(29-19)22(27)16-7-3-1-4-8-16/h1-12,17H,13-15H2,(H,24,28). The number of anilines is 1. The molecule has 1 unspecified atom stereocenters. The average Bonchev–Trinajstić information content (AvgIpc) is 3.39. The Hall–Kier alpha value is -3.25. The van der Waals surface area contributed by atoms with Crippen molar-refractivity contribution in [2.24, 2.45) is 5.92 Å². The van der Waals surface area contributed by atoms with Gasteiger partial charge in [-0.1, -0.05) is 48.5 Å². The Kier molecular flexibility index (Phi) is 5.53. The number of ketones is 1. The lowest BCUT2D eigenvalue weighted by Gasteiger charge is -2.16. The number of nitrogens with zero attached hydrogens (tertiary/aromatic N) is 1. The lowest BCUT2D eigenvalue weighted by molar-refractivity contribution is -0.126. The topological polar surface area (TPSA) is 66.5 Å². The van der Waals surface area contributed by atoms with E-state index in [0.29, 0.717) is 23.5 Å². The molecule has 3 aromatic rings. The van der Waals surface area contributed by atoms with Crippen molar-refractivity contribution in [1.82, 2.24) is 5.32 Å². The van der Waals surface area contributed by atoms with Gasteiger partial charge in [0.15, 0.2) is 0 Å². The summed E-state index contributed by atoms with van der Waals surface area (Å²) < 4.78 is 0. The van der Waals surface area contributed by atoms with Gasteiger partial charge < -0.3 is 10.2 Å². The molecular formula is C23H20N2O3S. The molecule has 1 saturated heterocycles. The molecule has 1 atom stereocenters. The summed E-state index contributed by atoms with van der Waals surface area (Å²) >= 11 is 1.38. The highest BCUT2D eigenvalue weighted by Gasteiger charge is 2.34. The fourth-order valence-corrected chi connectivity index (χ4v) is 4.30. The zero-order chi connectivity index (χ0) is 20.2. The largest absolute Gasteiger partial charge is 0.351 e. The van der Waals surface area contributed by atoms with Gasteiger partial charge in [0.25, 0.3) is 0 Å². The third kappa shape index (κ3) is 4.27. The van der Waals surface area contributed by atoms with Gasteiger partial charge in [0.05, 0.1) is 17.3 Å². The van der Waals surface area contributed by atoms with Gasteiger partial charge in [0.2, 0.25) is 17.6 Å². The van der Waals surface area contributed by atoms with Crippen molar-refractivity contribution in [2.45, 2.75) is 13.0 Å². The predicted octanol–water partition coefficient (Wildman–Crippen LogP) is 3.65. The van der Waals surface area contributed by atoms with Gasteiger partial charge in [-0.15, -0.1) is 11.3 Å². The number of nitrogens with one attached hydrogen (secondary N) is 1. The number of rotatable bonds is 6. The molecule has 0 spiro atoms. The summed E-state index contributed by atoms with van der Waals surface area (Å²) in [4.78, 5) is 40.5. The number of para-hydroxylation sites is 1. The summed E-state index contributed by atoms with van der Waals surface area (Å²) in [5.74, 6) is -0.564. The minimum atomic E-state index is -0.368. The van der Waals surface area contributed by atoms with Crippen molar-refractivity contribution in [3.8, 4) is 0 Å².